The van der Waals surface area contributed by atoms with Crippen LogP contribution < -0.4 is 10.6 Å². The standard InChI is InChI=1S/C13H22N4O/c1-11-9-16-17(10-11)8-7-15-13(18)5-4-12-3-2-6-14-12/h9-10,12,14H,2-8H2,1H3,(H,15,18). The summed E-state index contributed by atoms with van der Waals surface area (Å²) < 4.78 is 1.86. The highest BCUT2D eigenvalue weighted by Gasteiger charge is 2.14. The Morgan fingerprint density at radius 3 is 3.22 bits per heavy atom. The van der Waals surface area contributed by atoms with E-state index in [0.29, 0.717) is 19.0 Å². The molecule has 0 aliphatic carbocycles. The van der Waals surface area contributed by atoms with Crippen LogP contribution in [0, 0.1) is 6.92 Å². The van der Waals surface area contributed by atoms with Crippen LogP contribution >= 0.6 is 0 Å². The van der Waals surface area contributed by atoms with Gasteiger partial charge in [-0.25, -0.2) is 0 Å². The smallest absolute Gasteiger partial charge is 0.220 e. The second-order valence-electron chi connectivity index (χ2n) is 4.96. The minimum absolute atomic E-state index is 0.146. The van der Waals surface area contributed by atoms with Crippen molar-refractivity contribution in [2.24, 2.45) is 0 Å². The molecule has 1 aliphatic rings. The molecule has 18 heavy (non-hydrogen) atoms. The molecule has 2 rings (SSSR count). The average molecular weight is 250 g/mol. The third kappa shape index (κ3) is 4.14. The molecule has 1 saturated heterocycles. The predicted octanol–water partition coefficient (Wildman–Crippen LogP) is 0.840. The van der Waals surface area contributed by atoms with Crippen molar-refractivity contribution in [2.75, 3.05) is 13.1 Å². The van der Waals surface area contributed by atoms with Gasteiger partial charge in [0.2, 0.25) is 5.91 Å². The highest BCUT2D eigenvalue weighted by Crippen LogP contribution is 2.10. The summed E-state index contributed by atoms with van der Waals surface area (Å²) in [5, 5.41) is 10.5. The summed E-state index contributed by atoms with van der Waals surface area (Å²) in [4.78, 5) is 11.6. The number of rotatable bonds is 6. The molecule has 1 aromatic rings. The van der Waals surface area contributed by atoms with Gasteiger partial charge in [0.1, 0.15) is 0 Å². The van der Waals surface area contributed by atoms with Crippen LogP contribution in [-0.2, 0) is 11.3 Å². The van der Waals surface area contributed by atoms with E-state index in [4.69, 9.17) is 0 Å². The maximum absolute atomic E-state index is 11.6. The molecule has 0 radical (unpaired) electrons. The fourth-order valence-corrected chi connectivity index (χ4v) is 2.30. The molecule has 1 unspecified atom stereocenters. The summed E-state index contributed by atoms with van der Waals surface area (Å²) in [5.74, 6) is 0.146. The molecule has 0 saturated carbocycles. The van der Waals surface area contributed by atoms with Crippen molar-refractivity contribution in [1.82, 2.24) is 20.4 Å². The largest absolute Gasteiger partial charge is 0.354 e. The average Bonchev–Trinajstić information content (AvgIpc) is 2.98. The molecule has 2 heterocycles. The van der Waals surface area contributed by atoms with Gasteiger partial charge < -0.3 is 10.6 Å². The van der Waals surface area contributed by atoms with Crippen LogP contribution in [0.2, 0.25) is 0 Å². The van der Waals surface area contributed by atoms with Crippen LogP contribution in [-0.4, -0.2) is 34.8 Å². The van der Waals surface area contributed by atoms with Gasteiger partial charge in [0.25, 0.3) is 0 Å². The second-order valence-corrected chi connectivity index (χ2v) is 4.96. The molecular formula is C13H22N4O. The summed E-state index contributed by atoms with van der Waals surface area (Å²) in [5.41, 5.74) is 1.15. The van der Waals surface area contributed by atoms with Gasteiger partial charge in [-0.15, -0.1) is 0 Å². The number of carbonyl (C=O) groups is 1. The summed E-state index contributed by atoms with van der Waals surface area (Å²) in [7, 11) is 0. The maximum Gasteiger partial charge on any atom is 0.220 e. The number of hydrogen-bond acceptors (Lipinski definition) is 3. The zero-order valence-corrected chi connectivity index (χ0v) is 11.0. The van der Waals surface area contributed by atoms with Gasteiger partial charge in [0.05, 0.1) is 12.7 Å². The number of carbonyl (C=O) groups excluding carboxylic acids is 1. The fourth-order valence-electron chi connectivity index (χ4n) is 2.30. The Labute approximate surface area is 108 Å². The van der Waals surface area contributed by atoms with E-state index in [1.165, 1.54) is 12.8 Å². The molecule has 5 nitrogen and oxygen atoms in total. The van der Waals surface area contributed by atoms with E-state index >= 15 is 0 Å². The lowest BCUT2D eigenvalue weighted by Crippen LogP contribution is -2.29. The predicted molar refractivity (Wildman–Crippen MR) is 70.2 cm³/mol. The van der Waals surface area contributed by atoms with Crippen LogP contribution in [0.25, 0.3) is 0 Å². The highest BCUT2D eigenvalue weighted by atomic mass is 16.1. The molecular weight excluding hydrogens is 228 g/mol. The van der Waals surface area contributed by atoms with Crippen molar-refractivity contribution in [2.45, 2.75) is 45.2 Å². The Morgan fingerprint density at radius 1 is 1.67 bits per heavy atom. The first-order valence-corrected chi connectivity index (χ1v) is 6.73. The van der Waals surface area contributed by atoms with Crippen LogP contribution in [0.15, 0.2) is 12.4 Å². The van der Waals surface area contributed by atoms with E-state index in [1.54, 1.807) is 0 Å². The molecule has 5 heteroatoms. The van der Waals surface area contributed by atoms with Gasteiger partial charge in [-0.2, -0.15) is 5.10 Å². The number of amides is 1. The molecule has 0 aromatic carbocycles. The third-order valence-electron chi connectivity index (χ3n) is 3.31. The van der Waals surface area contributed by atoms with Crippen molar-refractivity contribution in [3.63, 3.8) is 0 Å². The highest BCUT2D eigenvalue weighted by molar-refractivity contribution is 5.75. The number of hydrogen-bond donors (Lipinski definition) is 2. The minimum atomic E-state index is 0.146. The summed E-state index contributed by atoms with van der Waals surface area (Å²) in [6.45, 7) is 4.50. The summed E-state index contributed by atoms with van der Waals surface area (Å²) >= 11 is 0. The Bertz CT molecular complexity index is 382. The zero-order chi connectivity index (χ0) is 12.8. The van der Waals surface area contributed by atoms with Crippen molar-refractivity contribution in [1.29, 1.82) is 0 Å². The first-order valence-electron chi connectivity index (χ1n) is 6.73. The molecule has 1 aromatic heterocycles. The van der Waals surface area contributed by atoms with E-state index < -0.39 is 0 Å². The second kappa shape index (κ2) is 6.54. The van der Waals surface area contributed by atoms with Gasteiger partial charge >= 0.3 is 0 Å². The van der Waals surface area contributed by atoms with Gasteiger partial charge in [-0.3, -0.25) is 9.48 Å². The van der Waals surface area contributed by atoms with Gasteiger partial charge in [0.15, 0.2) is 0 Å². The van der Waals surface area contributed by atoms with Crippen LogP contribution in [0.5, 0.6) is 0 Å². The first-order chi connectivity index (χ1) is 8.74. The molecule has 1 fully saturated rings. The molecule has 0 bridgehead atoms. The summed E-state index contributed by atoms with van der Waals surface area (Å²) in [6.07, 6.45) is 7.83. The number of aromatic nitrogens is 2. The van der Waals surface area contributed by atoms with Crippen LogP contribution in [0.4, 0.5) is 0 Å². The molecule has 1 atom stereocenters. The lowest BCUT2D eigenvalue weighted by atomic mass is 10.1. The van der Waals surface area contributed by atoms with E-state index in [2.05, 4.69) is 15.7 Å². The zero-order valence-electron chi connectivity index (χ0n) is 11.0. The normalized spacial score (nSPS) is 19.1. The number of nitrogens with one attached hydrogen (secondary N) is 2. The molecule has 2 N–H and O–H groups in total. The minimum Gasteiger partial charge on any atom is -0.354 e. The number of nitrogens with zero attached hydrogens (tertiary/aromatic N) is 2. The van der Waals surface area contributed by atoms with E-state index in [9.17, 15) is 4.79 Å². The maximum atomic E-state index is 11.6. The summed E-state index contributed by atoms with van der Waals surface area (Å²) in [6, 6.07) is 0.546. The van der Waals surface area contributed by atoms with Crippen LogP contribution in [0.1, 0.15) is 31.2 Å². The molecule has 100 valence electrons. The van der Waals surface area contributed by atoms with Crippen molar-refractivity contribution >= 4 is 5.91 Å². The Morgan fingerprint density at radius 2 is 2.56 bits per heavy atom. The van der Waals surface area contributed by atoms with E-state index in [-0.39, 0.29) is 5.91 Å². The molecule has 1 aliphatic heterocycles. The Hall–Kier alpha value is -1.36. The van der Waals surface area contributed by atoms with Crippen LogP contribution in [0.3, 0.4) is 0 Å². The Kier molecular flexibility index (Phi) is 4.75. The first kappa shape index (κ1) is 13.1. The quantitative estimate of drug-likeness (QED) is 0.786. The number of aryl methyl sites for hydroxylation is 1. The molecule has 1 amide bonds. The topological polar surface area (TPSA) is 59.0 Å². The fraction of sp³-hybridized carbons (Fsp3) is 0.692. The van der Waals surface area contributed by atoms with Crippen molar-refractivity contribution < 1.29 is 4.79 Å². The lowest BCUT2D eigenvalue weighted by Gasteiger charge is -2.10. The SMILES string of the molecule is Cc1cnn(CCNC(=O)CCC2CCCN2)c1. The van der Waals surface area contributed by atoms with Crippen molar-refractivity contribution in [3.05, 3.63) is 18.0 Å². The van der Waals surface area contributed by atoms with Gasteiger partial charge in [0, 0.05) is 25.2 Å². The third-order valence-corrected chi connectivity index (χ3v) is 3.31. The van der Waals surface area contributed by atoms with Gasteiger partial charge in [-0.05, 0) is 38.3 Å². The van der Waals surface area contributed by atoms with Gasteiger partial charge in [-0.1, -0.05) is 0 Å². The van der Waals surface area contributed by atoms with E-state index in [0.717, 1.165) is 25.1 Å². The Balaban J connectivity index is 1.57. The lowest BCUT2D eigenvalue weighted by molar-refractivity contribution is -0.121. The van der Waals surface area contributed by atoms with E-state index in [1.807, 2.05) is 24.0 Å². The monoisotopic (exact) mass is 250 g/mol. The van der Waals surface area contributed by atoms with Crippen molar-refractivity contribution in [3.8, 4) is 0 Å². The molecule has 0 spiro atoms.